The molecule has 2 aromatic rings. The van der Waals surface area contributed by atoms with E-state index in [0.29, 0.717) is 6.42 Å². The Bertz CT molecular complexity index is 537. The summed E-state index contributed by atoms with van der Waals surface area (Å²) in [5.74, 6) is -1.17. The molecule has 1 heterocycles. The molecule has 2 N–H and O–H groups in total. The van der Waals surface area contributed by atoms with Crippen LogP contribution in [0, 0.1) is 0 Å². The molecule has 0 aliphatic rings. The van der Waals surface area contributed by atoms with Gasteiger partial charge in [0.2, 0.25) is 0 Å². The van der Waals surface area contributed by atoms with E-state index in [0.717, 1.165) is 16.7 Å². The van der Waals surface area contributed by atoms with E-state index < -0.39 is 12.1 Å². The second-order valence-electron chi connectivity index (χ2n) is 4.33. The normalized spacial score (nSPS) is 12.1. The van der Waals surface area contributed by atoms with E-state index in [9.17, 15) is 9.90 Å². The molecule has 0 spiro atoms. The quantitative estimate of drug-likeness (QED) is 0.860. The van der Waals surface area contributed by atoms with Crippen molar-refractivity contribution in [1.82, 2.24) is 4.98 Å². The first kappa shape index (κ1) is 13.2. The average molecular weight is 257 g/mol. The van der Waals surface area contributed by atoms with Crippen molar-refractivity contribution in [2.75, 3.05) is 0 Å². The molecule has 1 atom stereocenters. The van der Waals surface area contributed by atoms with E-state index in [1.54, 1.807) is 12.4 Å². The molecule has 1 aromatic heterocycles. The monoisotopic (exact) mass is 257 g/mol. The van der Waals surface area contributed by atoms with Crippen molar-refractivity contribution in [2.24, 2.45) is 0 Å². The molecule has 0 aliphatic heterocycles. The number of aliphatic hydroxyl groups is 1. The Morgan fingerprint density at radius 2 is 1.63 bits per heavy atom. The molecule has 19 heavy (non-hydrogen) atoms. The highest BCUT2D eigenvalue weighted by molar-refractivity contribution is 5.71. The van der Waals surface area contributed by atoms with Crippen molar-refractivity contribution >= 4 is 5.97 Å². The summed E-state index contributed by atoms with van der Waals surface area (Å²) in [5.41, 5.74) is 3.19. The Balaban J connectivity index is 2.01. The Morgan fingerprint density at radius 3 is 2.21 bits per heavy atom. The molecule has 98 valence electrons. The maximum absolute atomic E-state index is 10.5. The van der Waals surface area contributed by atoms with Gasteiger partial charge < -0.3 is 10.2 Å². The Kier molecular flexibility index (Phi) is 4.26. The fourth-order valence-corrected chi connectivity index (χ4v) is 1.84. The number of hydrogen-bond acceptors (Lipinski definition) is 3. The number of pyridine rings is 1. The number of aryl methyl sites for hydroxylation is 1. The summed E-state index contributed by atoms with van der Waals surface area (Å²) < 4.78 is 0. The van der Waals surface area contributed by atoms with Gasteiger partial charge in [-0.05, 0) is 41.7 Å². The van der Waals surface area contributed by atoms with Crippen LogP contribution in [0.3, 0.4) is 0 Å². The van der Waals surface area contributed by atoms with Gasteiger partial charge in [0.25, 0.3) is 0 Å². The number of aliphatic hydroxyl groups excluding tert-OH is 1. The van der Waals surface area contributed by atoms with Gasteiger partial charge in [0, 0.05) is 12.4 Å². The summed E-state index contributed by atoms with van der Waals surface area (Å²) in [6, 6.07) is 11.7. The van der Waals surface area contributed by atoms with Gasteiger partial charge in [-0.1, -0.05) is 24.3 Å². The predicted octanol–water partition coefficient (Wildman–Crippen LogP) is 2.13. The first-order valence-electron chi connectivity index (χ1n) is 6.07. The Hall–Kier alpha value is -2.20. The Morgan fingerprint density at radius 1 is 1.05 bits per heavy atom. The standard InChI is InChI=1S/C15H15NO3/c17-14(15(18)19)6-3-11-1-4-12(5-2-11)13-7-9-16-10-8-13/h1-2,4-5,7-10,14,17H,3,6H2,(H,18,19). The average Bonchev–Trinajstić information content (AvgIpc) is 2.46. The van der Waals surface area contributed by atoms with Crippen LogP contribution < -0.4 is 0 Å². The highest BCUT2D eigenvalue weighted by atomic mass is 16.4. The zero-order chi connectivity index (χ0) is 13.7. The lowest BCUT2D eigenvalue weighted by Gasteiger charge is -2.06. The van der Waals surface area contributed by atoms with Crippen LogP contribution >= 0.6 is 0 Å². The van der Waals surface area contributed by atoms with Crippen molar-refractivity contribution in [3.05, 3.63) is 54.4 Å². The maximum atomic E-state index is 10.5. The van der Waals surface area contributed by atoms with E-state index in [1.165, 1.54) is 0 Å². The van der Waals surface area contributed by atoms with Gasteiger partial charge in [-0.2, -0.15) is 0 Å². The lowest BCUT2D eigenvalue weighted by molar-refractivity contribution is -0.146. The number of rotatable bonds is 5. The second kappa shape index (κ2) is 6.11. The molecule has 1 unspecified atom stereocenters. The third kappa shape index (κ3) is 3.63. The van der Waals surface area contributed by atoms with Crippen LogP contribution in [0.15, 0.2) is 48.8 Å². The minimum absolute atomic E-state index is 0.226. The van der Waals surface area contributed by atoms with Gasteiger partial charge in [-0.15, -0.1) is 0 Å². The lowest BCUT2D eigenvalue weighted by atomic mass is 10.0. The minimum atomic E-state index is -1.29. The van der Waals surface area contributed by atoms with Gasteiger partial charge in [-0.25, -0.2) is 4.79 Å². The van der Waals surface area contributed by atoms with Gasteiger partial charge in [0.1, 0.15) is 0 Å². The number of carbonyl (C=O) groups is 1. The van der Waals surface area contributed by atoms with Crippen LogP contribution in [0.2, 0.25) is 0 Å². The first-order chi connectivity index (χ1) is 9.16. The largest absolute Gasteiger partial charge is 0.479 e. The number of aromatic nitrogens is 1. The van der Waals surface area contributed by atoms with Crippen molar-refractivity contribution in [3.8, 4) is 11.1 Å². The van der Waals surface area contributed by atoms with E-state index >= 15 is 0 Å². The van der Waals surface area contributed by atoms with Gasteiger partial charge >= 0.3 is 5.97 Å². The van der Waals surface area contributed by atoms with E-state index in [1.807, 2.05) is 36.4 Å². The molecule has 4 heteroatoms. The highest BCUT2D eigenvalue weighted by Crippen LogP contribution is 2.19. The van der Waals surface area contributed by atoms with Crippen LogP contribution in [-0.2, 0) is 11.2 Å². The first-order valence-corrected chi connectivity index (χ1v) is 6.07. The molecule has 0 radical (unpaired) electrons. The minimum Gasteiger partial charge on any atom is -0.479 e. The van der Waals surface area contributed by atoms with E-state index in [2.05, 4.69) is 4.98 Å². The SMILES string of the molecule is O=C(O)C(O)CCc1ccc(-c2ccncc2)cc1. The van der Waals surface area contributed by atoms with Gasteiger partial charge in [-0.3, -0.25) is 4.98 Å². The van der Waals surface area contributed by atoms with Gasteiger partial charge in [0.15, 0.2) is 6.10 Å². The molecular formula is C15H15NO3. The summed E-state index contributed by atoms with van der Waals surface area (Å²) in [6.45, 7) is 0. The number of hydrogen-bond donors (Lipinski definition) is 2. The number of carboxylic acids is 1. The van der Waals surface area contributed by atoms with Crippen LogP contribution in [-0.4, -0.2) is 27.3 Å². The summed E-state index contributed by atoms with van der Waals surface area (Å²) in [7, 11) is 0. The number of aliphatic carboxylic acids is 1. The van der Waals surface area contributed by atoms with Crippen LogP contribution in [0.1, 0.15) is 12.0 Å². The maximum Gasteiger partial charge on any atom is 0.332 e. The molecule has 2 rings (SSSR count). The number of nitrogens with zero attached hydrogens (tertiary/aromatic N) is 1. The Labute approximate surface area is 111 Å². The number of carboxylic acid groups (broad SMARTS) is 1. The van der Waals surface area contributed by atoms with Crippen molar-refractivity contribution < 1.29 is 15.0 Å². The van der Waals surface area contributed by atoms with E-state index in [4.69, 9.17) is 5.11 Å². The fourth-order valence-electron chi connectivity index (χ4n) is 1.84. The van der Waals surface area contributed by atoms with Crippen LogP contribution in [0.4, 0.5) is 0 Å². The molecule has 0 aliphatic carbocycles. The summed E-state index contributed by atoms with van der Waals surface area (Å²) in [6.07, 6.45) is 2.97. The smallest absolute Gasteiger partial charge is 0.332 e. The topological polar surface area (TPSA) is 70.4 Å². The zero-order valence-electron chi connectivity index (χ0n) is 10.4. The highest BCUT2D eigenvalue weighted by Gasteiger charge is 2.12. The second-order valence-corrected chi connectivity index (χ2v) is 4.33. The molecule has 4 nitrogen and oxygen atoms in total. The predicted molar refractivity (Wildman–Crippen MR) is 71.6 cm³/mol. The molecule has 0 saturated heterocycles. The molecule has 0 bridgehead atoms. The van der Waals surface area contributed by atoms with Crippen molar-refractivity contribution in [1.29, 1.82) is 0 Å². The molecule has 0 saturated carbocycles. The van der Waals surface area contributed by atoms with Crippen molar-refractivity contribution in [3.63, 3.8) is 0 Å². The molecule has 1 aromatic carbocycles. The fraction of sp³-hybridized carbons (Fsp3) is 0.200. The lowest BCUT2D eigenvalue weighted by Crippen LogP contribution is -2.19. The van der Waals surface area contributed by atoms with Crippen molar-refractivity contribution in [2.45, 2.75) is 18.9 Å². The summed E-state index contributed by atoms with van der Waals surface area (Å²) >= 11 is 0. The summed E-state index contributed by atoms with van der Waals surface area (Å²) in [4.78, 5) is 14.5. The molecular weight excluding hydrogens is 242 g/mol. The van der Waals surface area contributed by atoms with E-state index in [-0.39, 0.29) is 6.42 Å². The van der Waals surface area contributed by atoms with Crippen LogP contribution in [0.5, 0.6) is 0 Å². The third-order valence-corrected chi connectivity index (χ3v) is 2.96. The summed E-state index contributed by atoms with van der Waals surface area (Å²) in [5, 5.41) is 17.8. The third-order valence-electron chi connectivity index (χ3n) is 2.96. The molecule has 0 fully saturated rings. The zero-order valence-corrected chi connectivity index (χ0v) is 10.4. The molecule has 0 amide bonds. The van der Waals surface area contributed by atoms with Gasteiger partial charge in [0.05, 0.1) is 0 Å². The van der Waals surface area contributed by atoms with Crippen LogP contribution in [0.25, 0.3) is 11.1 Å². The number of benzene rings is 1.